The number of aryl methyl sites for hydroxylation is 1. The molecule has 1 aromatic carbocycles. The first kappa shape index (κ1) is 12.7. The van der Waals surface area contributed by atoms with Crippen molar-refractivity contribution in [1.29, 1.82) is 0 Å². The SMILES string of the molecule is Cc1ccc(C(=O)Oc2cccnc2)cc1[N+](=O)[O-]. The standard InChI is InChI=1S/C13H10N2O4/c1-9-4-5-10(7-12(9)15(17)18)13(16)19-11-3-2-6-14-8-11/h2-8H,1H3. The minimum atomic E-state index is -0.656. The maximum Gasteiger partial charge on any atom is 0.343 e. The molecule has 0 bridgehead atoms. The topological polar surface area (TPSA) is 82.3 Å². The smallest absolute Gasteiger partial charge is 0.343 e. The molecule has 2 aromatic rings. The van der Waals surface area contributed by atoms with E-state index in [0.717, 1.165) is 0 Å². The van der Waals surface area contributed by atoms with E-state index in [9.17, 15) is 14.9 Å². The van der Waals surface area contributed by atoms with Crippen molar-refractivity contribution in [1.82, 2.24) is 4.98 Å². The number of hydrogen-bond acceptors (Lipinski definition) is 5. The van der Waals surface area contributed by atoms with Crippen molar-refractivity contribution < 1.29 is 14.5 Å². The van der Waals surface area contributed by atoms with E-state index in [0.29, 0.717) is 5.56 Å². The van der Waals surface area contributed by atoms with Gasteiger partial charge in [-0.2, -0.15) is 0 Å². The summed E-state index contributed by atoms with van der Waals surface area (Å²) in [5, 5.41) is 10.8. The minimum Gasteiger partial charge on any atom is -0.421 e. The molecule has 0 spiro atoms. The highest BCUT2D eigenvalue weighted by atomic mass is 16.6. The average molecular weight is 258 g/mol. The Morgan fingerprint density at radius 2 is 2.16 bits per heavy atom. The molecule has 96 valence electrons. The van der Waals surface area contributed by atoms with Gasteiger partial charge in [0.25, 0.3) is 5.69 Å². The fourth-order valence-electron chi connectivity index (χ4n) is 1.51. The second kappa shape index (κ2) is 5.26. The number of pyridine rings is 1. The molecule has 0 radical (unpaired) electrons. The van der Waals surface area contributed by atoms with Crippen molar-refractivity contribution in [2.45, 2.75) is 6.92 Å². The predicted octanol–water partition coefficient (Wildman–Crippen LogP) is 2.52. The summed E-state index contributed by atoms with van der Waals surface area (Å²) in [6, 6.07) is 7.40. The average Bonchev–Trinajstić information content (AvgIpc) is 2.40. The molecule has 0 N–H and O–H groups in total. The predicted molar refractivity (Wildman–Crippen MR) is 67.0 cm³/mol. The zero-order chi connectivity index (χ0) is 13.8. The second-order valence-corrected chi connectivity index (χ2v) is 3.84. The molecule has 0 aliphatic heterocycles. The van der Waals surface area contributed by atoms with Gasteiger partial charge in [-0.05, 0) is 25.1 Å². The maximum atomic E-state index is 11.8. The molecule has 0 saturated carbocycles. The molecule has 1 aromatic heterocycles. The number of aromatic nitrogens is 1. The Morgan fingerprint density at radius 1 is 1.37 bits per heavy atom. The highest BCUT2D eigenvalue weighted by molar-refractivity contribution is 5.91. The fraction of sp³-hybridized carbons (Fsp3) is 0.0769. The van der Waals surface area contributed by atoms with Crippen LogP contribution >= 0.6 is 0 Å². The number of nitro groups is 1. The van der Waals surface area contributed by atoms with Gasteiger partial charge in [-0.15, -0.1) is 0 Å². The normalized spacial score (nSPS) is 9.95. The number of hydrogen-bond donors (Lipinski definition) is 0. The third kappa shape index (κ3) is 2.92. The van der Waals surface area contributed by atoms with Gasteiger partial charge in [0.2, 0.25) is 0 Å². The van der Waals surface area contributed by atoms with Crippen molar-refractivity contribution in [2.75, 3.05) is 0 Å². The van der Waals surface area contributed by atoms with Crippen molar-refractivity contribution in [2.24, 2.45) is 0 Å². The summed E-state index contributed by atoms with van der Waals surface area (Å²) in [6.45, 7) is 1.61. The van der Waals surface area contributed by atoms with Crippen LogP contribution in [0.4, 0.5) is 5.69 Å². The molecule has 0 amide bonds. The van der Waals surface area contributed by atoms with Gasteiger partial charge >= 0.3 is 5.97 Å². The van der Waals surface area contributed by atoms with Gasteiger partial charge in [-0.3, -0.25) is 15.1 Å². The van der Waals surface area contributed by atoms with Crippen molar-refractivity contribution in [3.05, 3.63) is 64.0 Å². The summed E-state index contributed by atoms with van der Waals surface area (Å²) in [4.78, 5) is 25.9. The van der Waals surface area contributed by atoms with Gasteiger partial charge in [0.1, 0.15) is 5.75 Å². The Balaban J connectivity index is 2.25. The first-order valence-electron chi connectivity index (χ1n) is 5.45. The molecule has 0 unspecified atom stereocenters. The van der Waals surface area contributed by atoms with Crippen LogP contribution < -0.4 is 4.74 Å². The Hall–Kier alpha value is -2.76. The zero-order valence-electron chi connectivity index (χ0n) is 10.1. The lowest BCUT2D eigenvalue weighted by Crippen LogP contribution is -2.09. The van der Waals surface area contributed by atoms with Gasteiger partial charge in [0, 0.05) is 17.8 Å². The quantitative estimate of drug-likeness (QED) is 0.480. The number of benzene rings is 1. The van der Waals surface area contributed by atoms with E-state index in [-0.39, 0.29) is 17.0 Å². The lowest BCUT2D eigenvalue weighted by molar-refractivity contribution is -0.385. The van der Waals surface area contributed by atoms with Crippen molar-refractivity contribution in [3.8, 4) is 5.75 Å². The van der Waals surface area contributed by atoms with E-state index in [1.807, 2.05) is 0 Å². The maximum absolute atomic E-state index is 11.8. The number of carbonyl (C=O) groups excluding carboxylic acids is 1. The summed E-state index contributed by atoms with van der Waals surface area (Å²) in [6.07, 6.45) is 2.94. The van der Waals surface area contributed by atoms with Crippen LogP contribution in [0.2, 0.25) is 0 Å². The van der Waals surface area contributed by atoms with Gasteiger partial charge in [-0.1, -0.05) is 6.07 Å². The molecule has 2 rings (SSSR count). The van der Waals surface area contributed by atoms with Crippen LogP contribution in [0, 0.1) is 17.0 Å². The Labute approximate surface area is 108 Å². The third-order valence-electron chi connectivity index (χ3n) is 2.49. The molecule has 0 saturated heterocycles. The second-order valence-electron chi connectivity index (χ2n) is 3.84. The molecular weight excluding hydrogens is 248 g/mol. The number of ether oxygens (including phenoxy) is 1. The monoisotopic (exact) mass is 258 g/mol. The number of rotatable bonds is 3. The molecule has 0 fully saturated rings. The first-order valence-corrected chi connectivity index (χ1v) is 5.45. The third-order valence-corrected chi connectivity index (χ3v) is 2.49. The van der Waals surface area contributed by atoms with Crippen LogP contribution in [0.3, 0.4) is 0 Å². The first-order chi connectivity index (χ1) is 9.08. The lowest BCUT2D eigenvalue weighted by atomic mass is 10.1. The summed E-state index contributed by atoms with van der Waals surface area (Å²) in [7, 11) is 0. The molecule has 19 heavy (non-hydrogen) atoms. The molecule has 0 atom stereocenters. The molecule has 0 aliphatic carbocycles. The van der Waals surface area contributed by atoms with Crippen molar-refractivity contribution >= 4 is 11.7 Å². The number of nitrogens with zero attached hydrogens (tertiary/aromatic N) is 2. The van der Waals surface area contributed by atoms with Gasteiger partial charge in [-0.25, -0.2) is 4.79 Å². The van der Waals surface area contributed by atoms with E-state index >= 15 is 0 Å². The minimum absolute atomic E-state index is 0.111. The molecular formula is C13H10N2O4. The molecule has 0 aliphatic rings. The van der Waals surface area contributed by atoms with E-state index in [2.05, 4.69) is 4.98 Å². The van der Waals surface area contributed by atoms with Crippen LogP contribution in [0.5, 0.6) is 5.75 Å². The van der Waals surface area contributed by atoms with Gasteiger partial charge in [0.15, 0.2) is 0 Å². The van der Waals surface area contributed by atoms with Crippen LogP contribution in [-0.4, -0.2) is 15.9 Å². The van der Waals surface area contributed by atoms with Crippen LogP contribution in [0.25, 0.3) is 0 Å². The highest BCUT2D eigenvalue weighted by Crippen LogP contribution is 2.20. The van der Waals surface area contributed by atoms with Crippen molar-refractivity contribution in [3.63, 3.8) is 0 Å². The van der Waals surface area contributed by atoms with Gasteiger partial charge < -0.3 is 4.74 Å². The number of nitro benzene ring substituents is 1. The van der Waals surface area contributed by atoms with Crippen LogP contribution in [-0.2, 0) is 0 Å². The Kier molecular flexibility index (Phi) is 3.51. The summed E-state index contributed by atoms with van der Waals surface area (Å²) in [5.41, 5.74) is 0.504. The van der Waals surface area contributed by atoms with E-state index in [1.54, 1.807) is 25.3 Å². The molecule has 6 nitrogen and oxygen atoms in total. The molecule has 6 heteroatoms. The number of carbonyl (C=O) groups is 1. The largest absolute Gasteiger partial charge is 0.421 e. The van der Waals surface area contributed by atoms with E-state index in [4.69, 9.17) is 4.74 Å². The summed E-state index contributed by atoms with van der Waals surface area (Å²) >= 11 is 0. The zero-order valence-corrected chi connectivity index (χ0v) is 10.1. The lowest BCUT2D eigenvalue weighted by Gasteiger charge is -2.04. The Bertz CT molecular complexity index is 626. The van der Waals surface area contributed by atoms with Crippen LogP contribution in [0.15, 0.2) is 42.7 Å². The fourth-order valence-corrected chi connectivity index (χ4v) is 1.51. The van der Waals surface area contributed by atoms with E-state index in [1.165, 1.54) is 24.4 Å². The highest BCUT2D eigenvalue weighted by Gasteiger charge is 2.16. The van der Waals surface area contributed by atoms with Gasteiger partial charge in [0.05, 0.1) is 16.7 Å². The number of esters is 1. The van der Waals surface area contributed by atoms with Crippen LogP contribution in [0.1, 0.15) is 15.9 Å². The molecule has 1 heterocycles. The van der Waals surface area contributed by atoms with E-state index < -0.39 is 10.9 Å². The summed E-state index contributed by atoms with van der Waals surface area (Å²) < 4.78 is 5.05. The summed E-state index contributed by atoms with van der Waals surface area (Å²) in [5.74, 6) is -0.369. The Morgan fingerprint density at radius 3 is 2.79 bits per heavy atom.